The maximum Gasteiger partial charge on any atom is 0.326 e. The summed E-state index contributed by atoms with van der Waals surface area (Å²) in [4.78, 5) is 30.0. The van der Waals surface area contributed by atoms with Gasteiger partial charge in [0.2, 0.25) is 10.0 Å². The summed E-state index contributed by atoms with van der Waals surface area (Å²) in [5.74, 6) is -0.603. The van der Waals surface area contributed by atoms with Gasteiger partial charge in [-0.25, -0.2) is 8.42 Å². The Kier molecular flexibility index (Phi) is 7.53. The first-order valence-corrected chi connectivity index (χ1v) is 13.9. The van der Waals surface area contributed by atoms with Crippen molar-refractivity contribution >= 4 is 43.5 Å². The molecule has 2 aromatic carbocycles. The van der Waals surface area contributed by atoms with Crippen LogP contribution in [0.15, 0.2) is 52.4 Å². The summed E-state index contributed by atoms with van der Waals surface area (Å²) in [6.45, 7) is 6.97. The Morgan fingerprint density at radius 1 is 1.17 bits per heavy atom. The molecule has 3 aromatic rings. The van der Waals surface area contributed by atoms with Crippen molar-refractivity contribution in [1.29, 1.82) is 0 Å². The van der Waals surface area contributed by atoms with E-state index >= 15 is 0 Å². The second-order valence-electron chi connectivity index (χ2n) is 8.80. The highest BCUT2D eigenvalue weighted by molar-refractivity contribution is 7.89. The summed E-state index contributed by atoms with van der Waals surface area (Å²) >= 11 is 1.31. The average molecular weight is 516 g/mol. The van der Waals surface area contributed by atoms with Crippen molar-refractivity contribution < 1.29 is 22.7 Å². The van der Waals surface area contributed by atoms with Gasteiger partial charge in [0.15, 0.2) is 4.80 Å². The number of hydrogen-bond acceptors (Lipinski definition) is 6. The standard InChI is InChI=1S/C25H29N3O5S2/c1-4-33-23(29)16-28-21-12-7-17(2)14-22(21)34-25(28)26-24(30)19-8-10-20(11-9-19)35(31,32)27-13-5-6-18(3)15-27/h7-12,14,18H,4-6,13,15-16H2,1-3H3/t18-/m1/s1. The second kappa shape index (κ2) is 10.4. The molecular weight excluding hydrogens is 486 g/mol. The first-order chi connectivity index (χ1) is 16.7. The van der Waals surface area contributed by atoms with Gasteiger partial charge in [-0.1, -0.05) is 24.3 Å². The van der Waals surface area contributed by atoms with Crippen molar-refractivity contribution in [2.24, 2.45) is 10.9 Å². The van der Waals surface area contributed by atoms with Crippen molar-refractivity contribution in [2.45, 2.75) is 45.1 Å². The zero-order valence-electron chi connectivity index (χ0n) is 20.1. The molecule has 10 heteroatoms. The van der Waals surface area contributed by atoms with Crippen LogP contribution in [-0.2, 0) is 26.1 Å². The third kappa shape index (κ3) is 5.55. The Balaban J connectivity index is 1.65. The fraction of sp³-hybridized carbons (Fsp3) is 0.400. The number of aryl methyl sites for hydroxylation is 1. The minimum Gasteiger partial charge on any atom is -0.465 e. The SMILES string of the molecule is CCOC(=O)Cn1c(=NC(=O)c2ccc(S(=O)(=O)N3CCC[C@@H](C)C3)cc2)sc2cc(C)ccc21. The van der Waals surface area contributed by atoms with Gasteiger partial charge in [-0.05, 0) is 74.6 Å². The summed E-state index contributed by atoms with van der Waals surface area (Å²) in [6, 6.07) is 11.7. The normalized spacial score (nSPS) is 17.6. The minimum absolute atomic E-state index is 0.0611. The highest BCUT2D eigenvalue weighted by Crippen LogP contribution is 2.24. The predicted molar refractivity (Wildman–Crippen MR) is 135 cm³/mol. The van der Waals surface area contributed by atoms with E-state index in [1.54, 1.807) is 11.5 Å². The summed E-state index contributed by atoms with van der Waals surface area (Å²) < 4.78 is 35.2. The number of nitrogens with zero attached hydrogens (tertiary/aromatic N) is 3. The van der Waals surface area contributed by atoms with Crippen LogP contribution in [0.5, 0.6) is 0 Å². The number of fused-ring (bicyclic) bond motifs is 1. The molecule has 1 fully saturated rings. The number of rotatable bonds is 6. The molecule has 0 spiro atoms. The van der Waals surface area contributed by atoms with E-state index in [-0.39, 0.29) is 23.6 Å². The summed E-state index contributed by atoms with van der Waals surface area (Å²) in [5, 5.41) is 0. The molecular formula is C25H29N3O5S2. The third-order valence-electron chi connectivity index (χ3n) is 5.99. The van der Waals surface area contributed by atoms with Gasteiger partial charge in [0.1, 0.15) is 6.54 Å². The molecule has 0 radical (unpaired) electrons. The molecule has 8 nitrogen and oxygen atoms in total. The molecule has 186 valence electrons. The van der Waals surface area contributed by atoms with E-state index in [2.05, 4.69) is 11.9 Å². The first kappa shape index (κ1) is 25.3. The maximum atomic E-state index is 13.0. The molecule has 35 heavy (non-hydrogen) atoms. The Morgan fingerprint density at radius 3 is 2.60 bits per heavy atom. The Bertz CT molecular complexity index is 1420. The van der Waals surface area contributed by atoms with E-state index in [9.17, 15) is 18.0 Å². The summed E-state index contributed by atoms with van der Waals surface area (Å²) in [7, 11) is -3.61. The molecule has 1 amide bonds. The number of thiazole rings is 1. The molecule has 1 aliphatic rings. The highest BCUT2D eigenvalue weighted by atomic mass is 32.2. The van der Waals surface area contributed by atoms with E-state index in [4.69, 9.17) is 4.74 Å². The van der Waals surface area contributed by atoms with Crippen molar-refractivity contribution in [3.8, 4) is 0 Å². The Labute approximate surface area is 208 Å². The molecule has 4 rings (SSSR count). The van der Waals surface area contributed by atoms with Gasteiger partial charge in [0.25, 0.3) is 5.91 Å². The van der Waals surface area contributed by atoms with Gasteiger partial charge in [-0.3, -0.25) is 9.59 Å². The topological polar surface area (TPSA) is 98.0 Å². The number of ether oxygens (including phenoxy) is 1. The van der Waals surface area contributed by atoms with Crippen LogP contribution in [0.1, 0.15) is 42.6 Å². The number of hydrogen-bond donors (Lipinski definition) is 0. The van der Waals surface area contributed by atoms with Crippen LogP contribution in [0.25, 0.3) is 10.2 Å². The van der Waals surface area contributed by atoms with Crippen molar-refractivity contribution in [1.82, 2.24) is 8.87 Å². The summed E-state index contributed by atoms with van der Waals surface area (Å²) in [6.07, 6.45) is 1.87. The Morgan fingerprint density at radius 2 is 1.91 bits per heavy atom. The van der Waals surface area contributed by atoms with E-state index in [1.165, 1.54) is 39.9 Å². The molecule has 0 saturated carbocycles. The quantitative estimate of drug-likeness (QED) is 0.466. The van der Waals surface area contributed by atoms with Crippen LogP contribution in [0.4, 0.5) is 0 Å². The lowest BCUT2D eigenvalue weighted by atomic mass is 10.0. The van der Waals surface area contributed by atoms with Crippen molar-refractivity contribution in [3.05, 3.63) is 58.4 Å². The van der Waals surface area contributed by atoms with Crippen molar-refractivity contribution in [2.75, 3.05) is 19.7 Å². The van der Waals surface area contributed by atoms with Crippen molar-refractivity contribution in [3.63, 3.8) is 0 Å². The van der Waals surface area contributed by atoms with Gasteiger partial charge in [0, 0.05) is 18.7 Å². The fourth-order valence-electron chi connectivity index (χ4n) is 4.19. The molecule has 1 atom stereocenters. The van der Waals surface area contributed by atoms with E-state index in [1.807, 2.05) is 25.1 Å². The first-order valence-electron chi connectivity index (χ1n) is 11.6. The maximum absolute atomic E-state index is 13.0. The van der Waals surface area contributed by atoms with Crippen LogP contribution >= 0.6 is 11.3 Å². The van der Waals surface area contributed by atoms with E-state index in [0.29, 0.717) is 23.8 Å². The lowest BCUT2D eigenvalue weighted by Crippen LogP contribution is -2.39. The van der Waals surface area contributed by atoms with Gasteiger partial charge in [-0.2, -0.15) is 9.30 Å². The molecule has 2 heterocycles. The number of sulfonamides is 1. The monoisotopic (exact) mass is 515 g/mol. The van der Waals surface area contributed by atoms with Crippen LogP contribution in [-0.4, -0.2) is 48.9 Å². The van der Waals surface area contributed by atoms with Crippen LogP contribution < -0.4 is 4.80 Å². The average Bonchev–Trinajstić information content (AvgIpc) is 3.14. The minimum atomic E-state index is -3.61. The molecule has 1 aromatic heterocycles. The largest absolute Gasteiger partial charge is 0.465 e. The van der Waals surface area contributed by atoms with Crippen LogP contribution in [0.2, 0.25) is 0 Å². The number of amides is 1. The zero-order chi connectivity index (χ0) is 25.2. The van der Waals surface area contributed by atoms with Gasteiger partial charge >= 0.3 is 5.97 Å². The number of piperidine rings is 1. The van der Waals surface area contributed by atoms with E-state index in [0.717, 1.165) is 28.6 Å². The van der Waals surface area contributed by atoms with Gasteiger partial charge < -0.3 is 9.30 Å². The number of carbonyl (C=O) groups excluding carboxylic acids is 2. The van der Waals surface area contributed by atoms with Crippen LogP contribution in [0, 0.1) is 12.8 Å². The molecule has 0 unspecified atom stereocenters. The zero-order valence-corrected chi connectivity index (χ0v) is 21.7. The molecule has 0 aliphatic carbocycles. The molecule has 0 bridgehead atoms. The van der Waals surface area contributed by atoms with Gasteiger partial charge in [0.05, 0.1) is 21.7 Å². The third-order valence-corrected chi connectivity index (χ3v) is 8.91. The Hall–Kier alpha value is -2.82. The summed E-state index contributed by atoms with van der Waals surface area (Å²) in [5.41, 5.74) is 2.12. The fourth-order valence-corrected chi connectivity index (χ4v) is 6.91. The molecule has 1 saturated heterocycles. The lowest BCUT2D eigenvalue weighted by Gasteiger charge is -2.30. The lowest BCUT2D eigenvalue weighted by molar-refractivity contribution is -0.143. The smallest absolute Gasteiger partial charge is 0.326 e. The van der Waals surface area contributed by atoms with Gasteiger partial charge in [-0.15, -0.1) is 0 Å². The van der Waals surface area contributed by atoms with E-state index < -0.39 is 21.9 Å². The number of benzene rings is 2. The predicted octanol–water partition coefficient (Wildman–Crippen LogP) is 3.74. The molecule has 0 N–H and O–H groups in total. The number of carbonyl (C=O) groups is 2. The number of aromatic nitrogens is 1. The molecule has 1 aliphatic heterocycles. The second-order valence-corrected chi connectivity index (χ2v) is 11.7. The highest BCUT2D eigenvalue weighted by Gasteiger charge is 2.28. The van der Waals surface area contributed by atoms with Crippen LogP contribution in [0.3, 0.4) is 0 Å². The number of esters is 1.